The molecule has 0 fully saturated rings. The maximum Gasteiger partial charge on any atom is 0.349 e. The maximum absolute atomic E-state index is 12.3. The van der Waals surface area contributed by atoms with Crippen molar-refractivity contribution in [2.24, 2.45) is 0 Å². The van der Waals surface area contributed by atoms with Crippen molar-refractivity contribution in [1.29, 1.82) is 0 Å². The van der Waals surface area contributed by atoms with E-state index in [1.165, 1.54) is 0 Å². The summed E-state index contributed by atoms with van der Waals surface area (Å²) in [6.45, 7) is -0.195. The molecule has 1 amide bonds. The van der Waals surface area contributed by atoms with E-state index in [9.17, 15) is 9.59 Å². The minimum Gasteiger partial charge on any atom is -0.482 e. The van der Waals surface area contributed by atoms with Crippen molar-refractivity contribution < 1.29 is 19.1 Å². The zero-order valence-corrected chi connectivity index (χ0v) is 17.8. The van der Waals surface area contributed by atoms with Gasteiger partial charge in [0, 0.05) is 32.7 Å². The van der Waals surface area contributed by atoms with E-state index in [0.29, 0.717) is 31.9 Å². The third-order valence-corrected chi connectivity index (χ3v) is 4.67. The van der Waals surface area contributed by atoms with Gasteiger partial charge < -0.3 is 14.8 Å². The van der Waals surface area contributed by atoms with Crippen LogP contribution >= 0.6 is 34.8 Å². The van der Waals surface area contributed by atoms with Crippen LogP contribution in [0.1, 0.15) is 15.9 Å². The second-order valence-corrected chi connectivity index (χ2v) is 7.47. The van der Waals surface area contributed by atoms with Gasteiger partial charge in [-0.1, -0.05) is 40.9 Å². The SMILES string of the molecule is O=C(COc1cccc(Cl)c1)Oc1ccc(Cl)cc1CNC(=O)c1ccc(Cl)cc1. The fourth-order valence-electron chi connectivity index (χ4n) is 2.52. The van der Waals surface area contributed by atoms with Crippen LogP contribution in [0, 0.1) is 0 Å². The van der Waals surface area contributed by atoms with Crippen LogP contribution in [0.25, 0.3) is 0 Å². The average molecular weight is 465 g/mol. The van der Waals surface area contributed by atoms with E-state index < -0.39 is 5.97 Å². The van der Waals surface area contributed by atoms with Crippen molar-refractivity contribution in [2.75, 3.05) is 6.61 Å². The lowest BCUT2D eigenvalue weighted by Gasteiger charge is -2.12. The third kappa shape index (κ3) is 6.39. The molecule has 0 heterocycles. The zero-order valence-electron chi connectivity index (χ0n) is 15.5. The summed E-state index contributed by atoms with van der Waals surface area (Å²) >= 11 is 17.8. The van der Waals surface area contributed by atoms with Gasteiger partial charge in [0.05, 0.1) is 0 Å². The zero-order chi connectivity index (χ0) is 21.5. The first-order chi connectivity index (χ1) is 14.4. The van der Waals surface area contributed by atoms with E-state index in [-0.39, 0.29) is 24.8 Å². The number of hydrogen-bond donors (Lipinski definition) is 1. The van der Waals surface area contributed by atoms with Gasteiger partial charge in [0.15, 0.2) is 6.61 Å². The third-order valence-electron chi connectivity index (χ3n) is 3.94. The molecular weight excluding hydrogens is 449 g/mol. The molecule has 30 heavy (non-hydrogen) atoms. The number of rotatable bonds is 7. The predicted molar refractivity (Wildman–Crippen MR) is 117 cm³/mol. The molecule has 0 spiro atoms. The largest absolute Gasteiger partial charge is 0.482 e. The molecule has 0 atom stereocenters. The first-order valence-electron chi connectivity index (χ1n) is 8.82. The summed E-state index contributed by atoms with van der Waals surface area (Å²) in [6, 6.07) is 17.9. The molecule has 0 saturated heterocycles. The van der Waals surface area contributed by atoms with Gasteiger partial charge in [0.2, 0.25) is 0 Å². The van der Waals surface area contributed by atoms with Crippen molar-refractivity contribution in [1.82, 2.24) is 5.32 Å². The molecule has 0 radical (unpaired) electrons. The highest BCUT2D eigenvalue weighted by molar-refractivity contribution is 6.31. The minimum absolute atomic E-state index is 0.111. The fourth-order valence-corrected chi connectivity index (χ4v) is 3.02. The van der Waals surface area contributed by atoms with Crippen LogP contribution in [-0.4, -0.2) is 18.5 Å². The number of ether oxygens (including phenoxy) is 2. The Morgan fingerprint density at radius 3 is 2.27 bits per heavy atom. The predicted octanol–water partition coefficient (Wildman–Crippen LogP) is 5.56. The molecular formula is C22H16Cl3NO4. The standard InChI is InChI=1S/C22H16Cl3NO4/c23-16-6-4-14(5-7-16)22(28)26-12-15-10-18(25)8-9-20(15)30-21(27)13-29-19-3-1-2-17(24)11-19/h1-11H,12-13H2,(H,26,28). The number of carbonyl (C=O) groups is 2. The highest BCUT2D eigenvalue weighted by atomic mass is 35.5. The quantitative estimate of drug-likeness (QED) is 0.367. The number of benzene rings is 3. The Kier molecular flexibility index (Phi) is 7.57. The lowest BCUT2D eigenvalue weighted by Crippen LogP contribution is -2.24. The number of amides is 1. The average Bonchev–Trinajstić information content (AvgIpc) is 2.73. The van der Waals surface area contributed by atoms with Gasteiger partial charge in [-0.2, -0.15) is 0 Å². The van der Waals surface area contributed by atoms with Crippen molar-refractivity contribution >= 4 is 46.7 Å². The summed E-state index contributed by atoms with van der Waals surface area (Å²) < 4.78 is 10.8. The molecule has 0 aliphatic carbocycles. The first-order valence-corrected chi connectivity index (χ1v) is 9.95. The van der Waals surface area contributed by atoms with Crippen LogP contribution in [0.15, 0.2) is 66.7 Å². The molecule has 0 aliphatic heterocycles. The van der Waals surface area contributed by atoms with Gasteiger partial charge in [-0.25, -0.2) is 4.79 Å². The molecule has 8 heteroatoms. The van der Waals surface area contributed by atoms with Crippen LogP contribution in [-0.2, 0) is 11.3 Å². The maximum atomic E-state index is 12.3. The summed E-state index contributed by atoms with van der Waals surface area (Å²) in [7, 11) is 0. The van der Waals surface area contributed by atoms with Gasteiger partial charge >= 0.3 is 5.97 Å². The van der Waals surface area contributed by atoms with Crippen molar-refractivity contribution in [3.63, 3.8) is 0 Å². The first kappa shape index (κ1) is 22.0. The van der Waals surface area contributed by atoms with Gasteiger partial charge in [0.1, 0.15) is 11.5 Å². The number of halogens is 3. The molecule has 3 aromatic rings. The van der Waals surface area contributed by atoms with E-state index in [4.69, 9.17) is 44.3 Å². The number of esters is 1. The van der Waals surface area contributed by atoms with Crippen LogP contribution in [0.2, 0.25) is 15.1 Å². The second-order valence-electron chi connectivity index (χ2n) is 6.16. The molecule has 0 aromatic heterocycles. The van der Waals surface area contributed by atoms with Gasteiger partial charge in [-0.15, -0.1) is 0 Å². The molecule has 3 rings (SSSR count). The molecule has 5 nitrogen and oxygen atoms in total. The molecule has 1 N–H and O–H groups in total. The number of nitrogens with one attached hydrogen (secondary N) is 1. The summed E-state index contributed by atoms with van der Waals surface area (Å²) in [5.74, 6) is -0.183. The summed E-state index contributed by atoms with van der Waals surface area (Å²) in [5.41, 5.74) is 0.996. The van der Waals surface area contributed by atoms with E-state index in [2.05, 4.69) is 5.32 Å². The molecule has 0 aliphatic rings. The molecule has 0 bridgehead atoms. The summed E-state index contributed by atoms with van der Waals surface area (Å²) in [4.78, 5) is 24.5. The number of carbonyl (C=O) groups excluding carboxylic acids is 2. The van der Waals surface area contributed by atoms with E-state index in [0.717, 1.165) is 0 Å². The monoisotopic (exact) mass is 463 g/mol. The van der Waals surface area contributed by atoms with Gasteiger partial charge in [0.25, 0.3) is 5.91 Å². The van der Waals surface area contributed by atoms with Crippen LogP contribution in [0.4, 0.5) is 0 Å². The Bertz CT molecular complexity index is 1050. The lowest BCUT2D eigenvalue weighted by atomic mass is 10.1. The molecule has 154 valence electrons. The Morgan fingerprint density at radius 1 is 0.833 bits per heavy atom. The number of hydrogen-bond acceptors (Lipinski definition) is 4. The molecule has 0 saturated carbocycles. The summed E-state index contributed by atoms with van der Waals surface area (Å²) in [5, 5.41) is 4.24. The second kappa shape index (κ2) is 10.3. The topological polar surface area (TPSA) is 64.6 Å². The molecule has 3 aromatic carbocycles. The van der Waals surface area contributed by atoms with E-state index in [1.807, 2.05) is 0 Å². The lowest BCUT2D eigenvalue weighted by molar-refractivity contribution is -0.136. The van der Waals surface area contributed by atoms with Crippen LogP contribution in [0.5, 0.6) is 11.5 Å². The van der Waals surface area contributed by atoms with Crippen LogP contribution in [0.3, 0.4) is 0 Å². The highest BCUT2D eigenvalue weighted by Crippen LogP contribution is 2.24. The van der Waals surface area contributed by atoms with E-state index in [1.54, 1.807) is 66.7 Å². The van der Waals surface area contributed by atoms with Gasteiger partial charge in [-0.3, -0.25) is 4.79 Å². The molecule has 0 unspecified atom stereocenters. The normalized spacial score (nSPS) is 10.4. The van der Waals surface area contributed by atoms with E-state index >= 15 is 0 Å². The van der Waals surface area contributed by atoms with Crippen molar-refractivity contribution in [2.45, 2.75) is 6.54 Å². The minimum atomic E-state index is -0.609. The summed E-state index contributed by atoms with van der Waals surface area (Å²) in [6.07, 6.45) is 0. The smallest absolute Gasteiger partial charge is 0.349 e. The Balaban J connectivity index is 1.62. The van der Waals surface area contributed by atoms with Crippen molar-refractivity contribution in [3.8, 4) is 11.5 Å². The Labute approximate surface area is 188 Å². The highest BCUT2D eigenvalue weighted by Gasteiger charge is 2.13. The van der Waals surface area contributed by atoms with Crippen molar-refractivity contribution in [3.05, 3.63) is 92.9 Å². The van der Waals surface area contributed by atoms with Gasteiger partial charge in [-0.05, 0) is 60.7 Å². The Morgan fingerprint density at radius 2 is 1.53 bits per heavy atom. The fraction of sp³-hybridized carbons (Fsp3) is 0.0909. The Hall–Kier alpha value is -2.73. The van der Waals surface area contributed by atoms with Crippen LogP contribution < -0.4 is 14.8 Å².